The summed E-state index contributed by atoms with van der Waals surface area (Å²) in [4.78, 5) is 12.1. The minimum atomic E-state index is 0.276. The second-order valence-corrected chi connectivity index (χ2v) is 5.76. The highest BCUT2D eigenvalue weighted by molar-refractivity contribution is 9.09. The van der Waals surface area contributed by atoms with E-state index in [0.29, 0.717) is 10.7 Å². The molecule has 1 fully saturated rings. The number of hydrogen-bond acceptors (Lipinski definition) is 1. The fourth-order valence-electron chi connectivity index (χ4n) is 1.90. The Morgan fingerprint density at radius 2 is 2.07 bits per heavy atom. The standard InChI is InChI=1S/C11H20BrNO/c1-9(12)7-8-13-11(14)10-5-3-2-4-6-10/h9-10H,2-8H2,1H3,(H,13,14). The van der Waals surface area contributed by atoms with Gasteiger partial charge in [-0.05, 0) is 19.3 Å². The maximum absolute atomic E-state index is 11.7. The van der Waals surface area contributed by atoms with Crippen LogP contribution in [0.5, 0.6) is 0 Å². The summed E-state index contributed by atoms with van der Waals surface area (Å²) in [6, 6.07) is 0. The van der Waals surface area contributed by atoms with Gasteiger partial charge in [-0.3, -0.25) is 4.79 Å². The monoisotopic (exact) mass is 261 g/mol. The molecular formula is C11H20BrNO. The number of amides is 1. The molecule has 1 amide bonds. The summed E-state index contributed by atoms with van der Waals surface area (Å²) in [7, 11) is 0. The zero-order valence-corrected chi connectivity index (χ0v) is 10.5. The zero-order valence-electron chi connectivity index (χ0n) is 8.89. The average molecular weight is 262 g/mol. The maximum Gasteiger partial charge on any atom is 0.223 e. The number of rotatable bonds is 4. The lowest BCUT2D eigenvalue weighted by Gasteiger charge is -2.20. The Morgan fingerprint density at radius 1 is 1.43 bits per heavy atom. The van der Waals surface area contributed by atoms with E-state index in [1.165, 1.54) is 19.3 Å². The Morgan fingerprint density at radius 3 is 2.64 bits per heavy atom. The number of halogens is 1. The fraction of sp³-hybridized carbons (Fsp3) is 0.909. The number of hydrogen-bond donors (Lipinski definition) is 1. The number of alkyl halides is 1. The number of carbonyl (C=O) groups excluding carboxylic acids is 1. The Kier molecular flexibility index (Phi) is 5.53. The van der Waals surface area contributed by atoms with Crippen LogP contribution in [0.15, 0.2) is 0 Å². The van der Waals surface area contributed by atoms with Crippen LogP contribution in [0, 0.1) is 5.92 Å². The molecule has 0 saturated heterocycles. The molecule has 82 valence electrons. The third kappa shape index (κ3) is 4.45. The van der Waals surface area contributed by atoms with Gasteiger partial charge in [0.15, 0.2) is 0 Å². The zero-order chi connectivity index (χ0) is 10.4. The molecule has 0 spiro atoms. The molecule has 0 aliphatic heterocycles. The van der Waals surface area contributed by atoms with Gasteiger partial charge < -0.3 is 5.32 Å². The van der Waals surface area contributed by atoms with E-state index in [0.717, 1.165) is 25.8 Å². The van der Waals surface area contributed by atoms with Crippen LogP contribution in [0.3, 0.4) is 0 Å². The van der Waals surface area contributed by atoms with E-state index in [1.54, 1.807) is 0 Å². The van der Waals surface area contributed by atoms with E-state index >= 15 is 0 Å². The molecule has 1 atom stereocenters. The molecule has 2 nitrogen and oxygen atoms in total. The summed E-state index contributed by atoms with van der Waals surface area (Å²) in [5.41, 5.74) is 0. The minimum absolute atomic E-state index is 0.276. The first-order valence-corrected chi connectivity index (χ1v) is 6.53. The Hall–Kier alpha value is -0.0500. The van der Waals surface area contributed by atoms with Crippen LogP contribution in [0.1, 0.15) is 45.4 Å². The van der Waals surface area contributed by atoms with E-state index < -0.39 is 0 Å². The Bertz CT molecular complexity index is 176. The predicted molar refractivity (Wildman–Crippen MR) is 62.6 cm³/mol. The van der Waals surface area contributed by atoms with Gasteiger partial charge in [0.1, 0.15) is 0 Å². The van der Waals surface area contributed by atoms with Gasteiger partial charge in [0.25, 0.3) is 0 Å². The molecule has 1 N–H and O–H groups in total. The summed E-state index contributed by atoms with van der Waals surface area (Å²) in [6.07, 6.45) is 6.96. The molecule has 0 radical (unpaired) electrons. The summed E-state index contributed by atoms with van der Waals surface area (Å²) in [5, 5.41) is 3.01. The second-order valence-electron chi connectivity index (χ2n) is 4.20. The normalized spacial score (nSPS) is 20.4. The van der Waals surface area contributed by atoms with Gasteiger partial charge in [-0.2, -0.15) is 0 Å². The van der Waals surface area contributed by atoms with Gasteiger partial charge in [0.2, 0.25) is 5.91 Å². The first-order chi connectivity index (χ1) is 6.70. The van der Waals surface area contributed by atoms with Crippen molar-refractivity contribution in [3.63, 3.8) is 0 Å². The van der Waals surface area contributed by atoms with Gasteiger partial charge >= 0.3 is 0 Å². The highest BCUT2D eigenvalue weighted by Gasteiger charge is 2.20. The first-order valence-electron chi connectivity index (χ1n) is 5.62. The lowest BCUT2D eigenvalue weighted by atomic mass is 9.89. The number of nitrogens with one attached hydrogen (secondary N) is 1. The highest BCUT2D eigenvalue weighted by Crippen LogP contribution is 2.23. The highest BCUT2D eigenvalue weighted by atomic mass is 79.9. The third-order valence-electron chi connectivity index (χ3n) is 2.82. The summed E-state index contributed by atoms with van der Waals surface area (Å²) < 4.78 is 0. The van der Waals surface area contributed by atoms with E-state index in [2.05, 4.69) is 28.2 Å². The average Bonchev–Trinajstić information content (AvgIpc) is 2.18. The van der Waals surface area contributed by atoms with Crippen LogP contribution in [0.4, 0.5) is 0 Å². The lowest BCUT2D eigenvalue weighted by molar-refractivity contribution is -0.125. The quantitative estimate of drug-likeness (QED) is 0.775. The van der Waals surface area contributed by atoms with Crippen LogP contribution in [-0.2, 0) is 4.79 Å². The molecule has 0 aromatic rings. The van der Waals surface area contributed by atoms with Gasteiger partial charge in [-0.1, -0.05) is 42.1 Å². The molecular weight excluding hydrogens is 242 g/mol. The van der Waals surface area contributed by atoms with Crippen molar-refractivity contribution in [3.05, 3.63) is 0 Å². The van der Waals surface area contributed by atoms with Crippen LogP contribution in [0.2, 0.25) is 0 Å². The van der Waals surface area contributed by atoms with Crippen LogP contribution in [-0.4, -0.2) is 17.3 Å². The Balaban J connectivity index is 2.13. The fourth-order valence-corrected chi connectivity index (χ4v) is 2.13. The lowest BCUT2D eigenvalue weighted by Crippen LogP contribution is -2.33. The van der Waals surface area contributed by atoms with Crippen LogP contribution < -0.4 is 5.32 Å². The van der Waals surface area contributed by atoms with Gasteiger partial charge in [0, 0.05) is 17.3 Å². The van der Waals surface area contributed by atoms with Crippen LogP contribution >= 0.6 is 15.9 Å². The van der Waals surface area contributed by atoms with Crippen molar-refractivity contribution < 1.29 is 4.79 Å². The van der Waals surface area contributed by atoms with Crippen molar-refractivity contribution in [3.8, 4) is 0 Å². The molecule has 0 bridgehead atoms. The molecule has 1 unspecified atom stereocenters. The molecule has 14 heavy (non-hydrogen) atoms. The predicted octanol–water partition coefficient (Wildman–Crippen LogP) is 2.86. The van der Waals surface area contributed by atoms with Crippen molar-refractivity contribution in [2.45, 2.75) is 50.3 Å². The Labute approximate surface area is 95.0 Å². The second kappa shape index (κ2) is 6.44. The summed E-state index contributed by atoms with van der Waals surface area (Å²) in [5.74, 6) is 0.576. The van der Waals surface area contributed by atoms with E-state index in [9.17, 15) is 4.79 Å². The largest absolute Gasteiger partial charge is 0.356 e. The van der Waals surface area contributed by atoms with Crippen molar-refractivity contribution >= 4 is 21.8 Å². The molecule has 1 saturated carbocycles. The van der Waals surface area contributed by atoms with Crippen molar-refractivity contribution in [1.82, 2.24) is 5.32 Å². The molecule has 1 aliphatic rings. The van der Waals surface area contributed by atoms with E-state index in [-0.39, 0.29) is 5.91 Å². The van der Waals surface area contributed by atoms with Crippen molar-refractivity contribution in [2.75, 3.05) is 6.54 Å². The topological polar surface area (TPSA) is 29.1 Å². The third-order valence-corrected chi connectivity index (χ3v) is 3.28. The molecule has 1 aliphatic carbocycles. The smallest absolute Gasteiger partial charge is 0.223 e. The first kappa shape index (κ1) is 12.0. The minimum Gasteiger partial charge on any atom is -0.356 e. The van der Waals surface area contributed by atoms with Crippen molar-refractivity contribution in [2.24, 2.45) is 5.92 Å². The molecule has 3 heteroatoms. The summed E-state index contributed by atoms with van der Waals surface area (Å²) >= 11 is 3.47. The van der Waals surface area contributed by atoms with Gasteiger partial charge in [0.05, 0.1) is 0 Å². The van der Waals surface area contributed by atoms with Crippen molar-refractivity contribution in [1.29, 1.82) is 0 Å². The van der Waals surface area contributed by atoms with E-state index in [4.69, 9.17) is 0 Å². The number of carbonyl (C=O) groups is 1. The summed E-state index contributed by atoms with van der Waals surface area (Å²) in [6.45, 7) is 2.91. The van der Waals surface area contributed by atoms with Crippen LogP contribution in [0.25, 0.3) is 0 Å². The van der Waals surface area contributed by atoms with Gasteiger partial charge in [-0.25, -0.2) is 0 Å². The molecule has 1 rings (SSSR count). The van der Waals surface area contributed by atoms with Gasteiger partial charge in [-0.15, -0.1) is 0 Å². The molecule has 0 aromatic heterocycles. The SMILES string of the molecule is CC(Br)CCNC(=O)C1CCCCC1. The molecule has 0 heterocycles. The van der Waals surface area contributed by atoms with E-state index in [1.807, 2.05) is 0 Å². The maximum atomic E-state index is 11.7. The molecule has 0 aromatic carbocycles.